The lowest BCUT2D eigenvalue weighted by Gasteiger charge is -2.30. The number of rotatable bonds is 7. The zero-order chi connectivity index (χ0) is 18.8. The van der Waals surface area contributed by atoms with Gasteiger partial charge in [-0.1, -0.05) is 18.2 Å². The van der Waals surface area contributed by atoms with E-state index in [1.165, 1.54) is 22.2 Å². The molecule has 5 rings (SSSR count). The molecular weight excluding hydrogens is 370 g/mol. The Morgan fingerprint density at radius 2 is 2.07 bits per heavy atom. The van der Waals surface area contributed by atoms with Crippen molar-refractivity contribution in [3.05, 3.63) is 60.4 Å². The van der Waals surface area contributed by atoms with Crippen LogP contribution in [0.5, 0.6) is 0 Å². The number of thiophene rings is 1. The minimum Gasteiger partial charge on any atom is -0.371 e. The topological polar surface area (TPSA) is 79.2 Å². The van der Waals surface area contributed by atoms with E-state index in [-0.39, 0.29) is 6.17 Å². The second-order valence-electron chi connectivity index (χ2n) is 7.07. The van der Waals surface area contributed by atoms with Gasteiger partial charge in [-0.3, -0.25) is 16.1 Å². The monoisotopic (exact) mass is 395 g/mol. The molecule has 0 spiro atoms. The van der Waals surface area contributed by atoms with Crippen molar-refractivity contribution in [2.24, 2.45) is 0 Å². The summed E-state index contributed by atoms with van der Waals surface area (Å²) in [5.74, 6) is 0.949. The van der Waals surface area contributed by atoms with Crippen molar-refractivity contribution >= 4 is 32.2 Å². The average Bonchev–Trinajstić information content (AvgIpc) is 3.50. The number of H-pyrrole nitrogens is 1. The molecule has 7 nitrogen and oxygen atoms in total. The molecule has 1 fully saturated rings. The maximum absolute atomic E-state index is 3.63. The molecule has 0 amide bonds. The molecule has 3 aromatic rings. The van der Waals surface area contributed by atoms with Gasteiger partial charge >= 0.3 is 0 Å². The Balaban J connectivity index is 1.33. The van der Waals surface area contributed by atoms with Gasteiger partial charge in [-0.05, 0) is 55.1 Å². The fourth-order valence-electron chi connectivity index (χ4n) is 3.68. The van der Waals surface area contributed by atoms with Crippen molar-refractivity contribution in [2.75, 3.05) is 23.6 Å². The molecule has 28 heavy (non-hydrogen) atoms. The lowest BCUT2D eigenvalue weighted by Crippen LogP contribution is -2.55. The number of hydrogen-bond acceptors (Lipinski definition) is 7. The number of aromatic nitrogens is 1. The molecule has 1 aromatic carbocycles. The first kappa shape index (κ1) is 17.6. The quantitative estimate of drug-likeness (QED) is 0.345. The summed E-state index contributed by atoms with van der Waals surface area (Å²) < 4.78 is 1.27. The summed E-state index contributed by atoms with van der Waals surface area (Å²) in [5, 5.41) is 14.9. The van der Waals surface area contributed by atoms with Gasteiger partial charge in [0.05, 0.1) is 6.17 Å². The van der Waals surface area contributed by atoms with Crippen LogP contribution in [0.3, 0.4) is 0 Å². The Hall–Kier alpha value is -2.52. The normalized spacial score (nSPS) is 21.8. The molecule has 146 valence electrons. The van der Waals surface area contributed by atoms with Crippen LogP contribution in [-0.2, 0) is 0 Å². The van der Waals surface area contributed by atoms with Crippen LogP contribution in [0.4, 0.5) is 10.8 Å². The highest BCUT2D eigenvalue weighted by molar-refractivity contribution is 7.22. The Morgan fingerprint density at radius 3 is 2.89 bits per heavy atom. The highest BCUT2D eigenvalue weighted by Crippen LogP contribution is 2.30. The Morgan fingerprint density at radius 1 is 1.11 bits per heavy atom. The van der Waals surface area contributed by atoms with Crippen LogP contribution in [0, 0.1) is 0 Å². The van der Waals surface area contributed by atoms with E-state index in [0.29, 0.717) is 6.17 Å². The van der Waals surface area contributed by atoms with Crippen molar-refractivity contribution in [3.8, 4) is 0 Å². The van der Waals surface area contributed by atoms with Gasteiger partial charge in [-0.2, -0.15) is 5.43 Å². The third-order valence-electron chi connectivity index (χ3n) is 5.08. The SMILES string of the molecule is C1=C(NC2CCCN2)C(NN(Nc2cc3ccccc3s2)c2ccc[nH]2)NC1. The molecule has 0 radical (unpaired) electrons. The van der Waals surface area contributed by atoms with Crippen molar-refractivity contribution < 1.29 is 0 Å². The number of hydrazine groups is 2. The van der Waals surface area contributed by atoms with Crippen LogP contribution in [0.25, 0.3) is 10.1 Å². The van der Waals surface area contributed by atoms with Gasteiger partial charge in [-0.25, -0.2) is 5.12 Å². The molecule has 2 aliphatic rings. The number of nitrogens with zero attached hydrogens (tertiary/aromatic N) is 1. The highest BCUT2D eigenvalue weighted by Gasteiger charge is 2.25. The summed E-state index contributed by atoms with van der Waals surface area (Å²) in [5.41, 5.74) is 8.25. The molecule has 2 aromatic heterocycles. The fraction of sp³-hybridized carbons (Fsp3) is 0.300. The second-order valence-corrected chi connectivity index (χ2v) is 8.16. The standard InChI is InChI=1S/C20H25N7S/c1-2-6-16-14(5-1)13-19(28-16)25-27(18-8-4-11-22-18)26-20-15(9-12-23-20)24-17-7-3-10-21-17/h1-2,4-6,8-9,11,13,17,20-26H,3,7,10,12H2. The first-order valence-corrected chi connectivity index (χ1v) is 10.5. The lowest BCUT2D eigenvalue weighted by molar-refractivity contribution is 0.449. The van der Waals surface area contributed by atoms with Gasteiger partial charge in [0, 0.05) is 23.1 Å². The van der Waals surface area contributed by atoms with Gasteiger partial charge < -0.3 is 10.3 Å². The number of benzene rings is 1. The third kappa shape index (κ3) is 3.72. The van der Waals surface area contributed by atoms with E-state index in [0.717, 1.165) is 30.3 Å². The zero-order valence-corrected chi connectivity index (χ0v) is 16.4. The van der Waals surface area contributed by atoms with Gasteiger partial charge in [0.2, 0.25) is 0 Å². The summed E-state index contributed by atoms with van der Waals surface area (Å²) in [7, 11) is 0. The lowest BCUT2D eigenvalue weighted by atomic mass is 10.3. The maximum atomic E-state index is 3.63. The van der Waals surface area contributed by atoms with Gasteiger partial charge in [0.25, 0.3) is 0 Å². The fourth-order valence-corrected chi connectivity index (χ4v) is 4.63. The molecular formula is C20H25N7S. The predicted octanol–water partition coefficient (Wildman–Crippen LogP) is 2.68. The highest BCUT2D eigenvalue weighted by atomic mass is 32.1. The molecule has 6 N–H and O–H groups in total. The first-order chi connectivity index (χ1) is 13.8. The van der Waals surface area contributed by atoms with Crippen LogP contribution in [0.2, 0.25) is 0 Å². The van der Waals surface area contributed by atoms with Crippen molar-refractivity contribution in [3.63, 3.8) is 0 Å². The van der Waals surface area contributed by atoms with E-state index in [1.807, 2.05) is 23.4 Å². The number of nitrogens with one attached hydrogen (secondary N) is 6. The molecule has 0 bridgehead atoms. The maximum Gasteiger partial charge on any atom is 0.142 e. The number of hydrogen-bond donors (Lipinski definition) is 6. The summed E-state index contributed by atoms with van der Waals surface area (Å²) >= 11 is 1.74. The van der Waals surface area contributed by atoms with E-state index < -0.39 is 0 Å². The predicted molar refractivity (Wildman–Crippen MR) is 116 cm³/mol. The largest absolute Gasteiger partial charge is 0.371 e. The van der Waals surface area contributed by atoms with Gasteiger partial charge in [0.1, 0.15) is 17.0 Å². The molecule has 0 aliphatic carbocycles. The molecule has 1 saturated heterocycles. The summed E-state index contributed by atoms with van der Waals surface area (Å²) in [6.07, 6.45) is 6.88. The molecule has 2 aliphatic heterocycles. The van der Waals surface area contributed by atoms with Crippen molar-refractivity contribution in [2.45, 2.75) is 25.2 Å². The second kappa shape index (κ2) is 7.84. The van der Waals surface area contributed by atoms with Crippen LogP contribution in [0.15, 0.2) is 60.4 Å². The van der Waals surface area contributed by atoms with E-state index in [2.05, 4.69) is 68.2 Å². The number of anilines is 2. The molecule has 2 atom stereocenters. The van der Waals surface area contributed by atoms with Gasteiger partial charge in [-0.15, -0.1) is 11.3 Å². The summed E-state index contributed by atoms with van der Waals surface area (Å²) in [4.78, 5) is 3.28. The van der Waals surface area contributed by atoms with Crippen LogP contribution in [-0.4, -0.2) is 30.4 Å². The first-order valence-electron chi connectivity index (χ1n) is 9.73. The minimum absolute atomic E-state index is 0.00702. The Bertz CT molecular complexity index is 910. The van der Waals surface area contributed by atoms with Crippen LogP contribution in [0.1, 0.15) is 12.8 Å². The van der Waals surface area contributed by atoms with Crippen LogP contribution >= 0.6 is 11.3 Å². The summed E-state index contributed by atoms with van der Waals surface area (Å²) in [6.45, 7) is 1.92. The zero-order valence-electron chi connectivity index (χ0n) is 15.5. The van der Waals surface area contributed by atoms with E-state index in [9.17, 15) is 0 Å². The van der Waals surface area contributed by atoms with E-state index in [4.69, 9.17) is 0 Å². The van der Waals surface area contributed by atoms with E-state index >= 15 is 0 Å². The smallest absolute Gasteiger partial charge is 0.142 e. The van der Waals surface area contributed by atoms with Crippen molar-refractivity contribution in [1.82, 2.24) is 26.4 Å². The Kier molecular flexibility index (Phi) is 4.92. The number of fused-ring (bicyclic) bond motifs is 1. The Labute approximate surface area is 168 Å². The number of aromatic amines is 1. The molecule has 0 saturated carbocycles. The van der Waals surface area contributed by atoms with Crippen LogP contribution < -0.4 is 31.9 Å². The van der Waals surface area contributed by atoms with Crippen molar-refractivity contribution in [1.29, 1.82) is 0 Å². The van der Waals surface area contributed by atoms with Gasteiger partial charge in [0.15, 0.2) is 0 Å². The third-order valence-corrected chi connectivity index (χ3v) is 6.11. The molecule has 2 unspecified atom stereocenters. The van der Waals surface area contributed by atoms with E-state index in [1.54, 1.807) is 11.3 Å². The summed E-state index contributed by atoms with van der Waals surface area (Å²) in [6, 6.07) is 14.6. The molecule has 8 heteroatoms. The molecule has 4 heterocycles. The minimum atomic E-state index is 0.00702. The average molecular weight is 396 g/mol.